The lowest BCUT2D eigenvalue weighted by Crippen LogP contribution is -2.26. The summed E-state index contributed by atoms with van der Waals surface area (Å²) in [5.41, 5.74) is 1.28. The summed E-state index contributed by atoms with van der Waals surface area (Å²) in [6, 6.07) is 12.3. The molecular weight excluding hydrogens is 443 g/mol. The molecule has 9 heteroatoms. The predicted octanol–water partition coefficient (Wildman–Crippen LogP) is 5.21. The topological polar surface area (TPSA) is 82.7 Å². The van der Waals surface area contributed by atoms with Gasteiger partial charge in [0.15, 0.2) is 0 Å². The molecule has 0 bridgehead atoms. The maximum absolute atomic E-state index is 13.2. The van der Waals surface area contributed by atoms with Gasteiger partial charge in [-0.25, -0.2) is 4.98 Å². The van der Waals surface area contributed by atoms with Crippen molar-refractivity contribution in [2.24, 2.45) is 0 Å². The number of halogens is 3. The van der Waals surface area contributed by atoms with Gasteiger partial charge in [-0.2, -0.15) is 13.2 Å². The first kappa shape index (κ1) is 22.1. The van der Waals surface area contributed by atoms with E-state index in [1.54, 1.807) is 12.1 Å². The van der Waals surface area contributed by atoms with Gasteiger partial charge in [0, 0.05) is 29.8 Å². The van der Waals surface area contributed by atoms with Crippen molar-refractivity contribution in [1.82, 2.24) is 20.3 Å². The van der Waals surface area contributed by atoms with Gasteiger partial charge in [-0.3, -0.25) is 9.78 Å². The van der Waals surface area contributed by atoms with Crippen LogP contribution < -0.4 is 16.2 Å². The van der Waals surface area contributed by atoms with E-state index in [2.05, 4.69) is 37.7 Å². The van der Waals surface area contributed by atoms with E-state index in [1.807, 2.05) is 12.1 Å². The van der Waals surface area contributed by atoms with Crippen molar-refractivity contribution < 1.29 is 13.2 Å². The van der Waals surface area contributed by atoms with Crippen LogP contribution in [0, 0.1) is 0 Å². The number of nitrogens with zero attached hydrogens (tertiary/aromatic N) is 2. The highest BCUT2D eigenvalue weighted by atomic mass is 19.4. The largest absolute Gasteiger partial charge is 0.417 e. The van der Waals surface area contributed by atoms with Gasteiger partial charge in [0.2, 0.25) is 0 Å². The van der Waals surface area contributed by atoms with Gasteiger partial charge >= 0.3 is 6.18 Å². The molecule has 0 saturated carbocycles. The van der Waals surface area contributed by atoms with E-state index in [4.69, 9.17) is 0 Å². The first-order valence-electron chi connectivity index (χ1n) is 11.0. The number of pyridine rings is 3. The van der Waals surface area contributed by atoms with Crippen molar-refractivity contribution in [3.63, 3.8) is 0 Å². The average Bonchev–Trinajstić information content (AvgIpc) is 2.84. The number of aromatic nitrogens is 3. The second kappa shape index (κ2) is 8.90. The van der Waals surface area contributed by atoms with E-state index < -0.39 is 11.7 Å². The number of piperidine rings is 1. The molecule has 0 unspecified atom stereocenters. The molecule has 4 heterocycles. The molecule has 0 spiro atoms. The SMILES string of the molecule is O=c1[nH]ccc2cc(-c3cncc(C(F)(F)F)c3)nc(Nc3ccc(C4CCNCC4)cc3)c12. The number of hydrogen-bond acceptors (Lipinski definition) is 5. The Balaban J connectivity index is 1.53. The van der Waals surface area contributed by atoms with Crippen molar-refractivity contribution in [2.75, 3.05) is 18.4 Å². The summed E-state index contributed by atoms with van der Waals surface area (Å²) >= 11 is 0. The second-order valence-electron chi connectivity index (χ2n) is 8.36. The molecule has 3 N–H and O–H groups in total. The van der Waals surface area contributed by atoms with E-state index in [0.717, 1.165) is 43.9 Å². The summed E-state index contributed by atoms with van der Waals surface area (Å²) in [7, 11) is 0. The lowest BCUT2D eigenvalue weighted by Gasteiger charge is -2.23. The molecular formula is C25H22F3N5O. The van der Waals surface area contributed by atoms with Gasteiger partial charge in [-0.15, -0.1) is 0 Å². The van der Waals surface area contributed by atoms with Crippen molar-refractivity contribution in [2.45, 2.75) is 24.9 Å². The fraction of sp³-hybridized carbons (Fsp3) is 0.240. The number of fused-ring (bicyclic) bond motifs is 1. The van der Waals surface area contributed by atoms with Crippen LogP contribution in [0.4, 0.5) is 24.7 Å². The summed E-state index contributed by atoms with van der Waals surface area (Å²) in [6.07, 6.45) is 1.25. The average molecular weight is 465 g/mol. The summed E-state index contributed by atoms with van der Waals surface area (Å²) in [4.78, 5) is 23.5. The molecule has 6 nitrogen and oxygen atoms in total. The minimum atomic E-state index is -4.52. The Labute approximate surface area is 193 Å². The number of anilines is 2. The Hall–Kier alpha value is -3.72. The molecule has 0 radical (unpaired) electrons. The first-order chi connectivity index (χ1) is 16.4. The highest BCUT2D eigenvalue weighted by Crippen LogP contribution is 2.33. The quantitative estimate of drug-likeness (QED) is 0.385. The minimum Gasteiger partial charge on any atom is -0.340 e. The predicted molar refractivity (Wildman–Crippen MR) is 125 cm³/mol. The Morgan fingerprint density at radius 2 is 1.76 bits per heavy atom. The van der Waals surface area contributed by atoms with Gasteiger partial charge in [-0.05, 0) is 73.1 Å². The zero-order chi connectivity index (χ0) is 23.7. The van der Waals surface area contributed by atoms with Gasteiger partial charge in [0.1, 0.15) is 5.82 Å². The molecule has 3 aromatic heterocycles. The van der Waals surface area contributed by atoms with Crippen LogP contribution in [0.3, 0.4) is 0 Å². The van der Waals surface area contributed by atoms with Gasteiger partial charge in [0.25, 0.3) is 5.56 Å². The fourth-order valence-corrected chi connectivity index (χ4v) is 4.32. The summed E-state index contributed by atoms with van der Waals surface area (Å²) < 4.78 is 39.6. The van der Waals surface area contributed by atoms with Crippen molar-refractivity contribution in [1.29, 1.82) is 0 Å². The van der Waals surface area contributed by atoms with E-state index in [-0.39, 0.29) is 22.6 Å². The fourth-order valence-electron chi connectivity index (χ4n) is 4.32. The summed E-state index contributed by atoms with van der Waals surface area (Å²) in [5.74, 6) is 0.773. The Kier molecular flexibility index (Phi) is 5.79. The Morgan fingerprint density at radius 1 is 1.00 bits per heavy atom. The smallest absolute Gasteiger partial charge is 0.340 e. The molecule has 0 amide bonds. The molecule has 0 aliphatic carbocycles. The molecule has 5 rings (SSSR count). The first-order valence-corrected chi connectivity index (χ1v) is 11.0. The van der Waals surface area contributed by atoms with Crippen LogP contribution in [0.15, 0.2) is 65.8 Å². The molecule has 1 saturated heterocycles. The van der Waals surface area contributed by atoms with E-state index in [1.165, 1.54) is 18.0 Å². The Bertz CT molecular complexity index is 1380. The standard InChI is InChI=1S/C25H22F3N5O/c26-25(27,28)19-11-18(13-30-14-19)21-12-17-7-10-31-24(34)22(17)23(33-21)32-20-3-1-15(2-4-20)16-5-8-29-9-6-16/h1-4,7,10-14,16,29H,5-6,8-9H2,(H,31,34)(H,32,33). The molecule has 0 atom stereocenters. The lowest BCUT2D eigenvalue weighted by atomic mass is 9.90. The minimum absolute atomic E-state index is 0.210. The van der Waals surface area contributed by atoms with Crippen molar-refractivity contribution >= 4 is 22.3 Å². The monoisotopic (exact) mass is 465 g/mol. The van der Waals surface area contributed by atoms with Crippen LogP contribution in [0.2, 0.25) is 0 Å². The molecule has 34 heavy (non-hydrogen) atoms. The third-order valence-electron chi connectivity index (χ3n) is 6.10. The van der Waals surface area contributed by atoms with Crippen LogP contribution >= 0.6 is 0 Å². The number of hydrogen-bond donors (Lipinski definition) is 3. The number of nitrogens with one attached hydrogen (secondary N) is 3. The van der Waals surface area contributed by atoms with Crippen LogP contribution in [-0.4, -0.2) is 28.0 Å². The normalized spacial score (nSPS) is 14.9. The molecule has 1 fully saturated rings. The zero-order valence-corrected chi connectivity index (χ0v) is 18.1. The number of alkyl halides is 3. The van der Waals surface area contributed by atoms with Crippen molar-refractivity contribution in [3.8, 4) is 11.3 Å². The third-order valence-corrected chi connectivity index (χ3v) is 6.10. The van der Waals surface area contributed by atoms with Crippen LogP contribution in [0.25, 0.3) is 22.0 Å². The second-order valence-corrected chi connectivity index (χ2v) is 8.36. The zero-order valence-electron chi connectivity index (χ0n) is 18.1. The van der Waals surface area contributed by atoms with Gasteiger partial charge < -0.3 is 15.6 Å². The number of H-pyrrole nitrogens is 1. The molecule has 4 aromatic rings. The number of rotatable bonds is 4. The number of aromatic amines is 1. The van der Waals surface area contributed by atoms with Gasteiger partial charge in [-0.1, -0.05) is 12.1 Å². The van der Waals surface area contributed by atoms with Gasteiger partial charge in [0.05, 0.1) is 16.6 Å². The van der Waals surface area contributed by atoms with Crippen LogP contribution in [-0.2, 0) is 6.18 Å². The number of benzene rings is 1. The summed E-state index contributed by atoms with van der Waals surface area (Å²) in [6.45, 7) is 2.00. The highest BCUT2D eigenvalue weighted by molar-refractivity contribution is 5.95. The maximum Gasteiger partial charge on any atom is 0.417 e. The Morgan fingerprint density at radius 3 is 2.50 bits per heavy atom. The van der Waals surface area contributed by atoms with E-state index in [0.29, 0.717) is 16.7 Å². The van der Waals surface area contributed by atoms with Crippen LogP contribution in [0.5, 0.6) is 0 Å². The van der Waals surface area contributed by atoms with E-state index in [9.17, 15) is 18.0 Å². The molecule has 1 aromatic carbocycles. The lowest BCUT2D eigenvalue weighted by molar-refractivity contribution is -0.137. The highest BCUT2D eigenvalue weighted by Gasteiger charge is 2.31. The third kappa shape index (κ3) is 4.51. The van der Waals surface area contributed by atoms with E-state index >= 15 is 0 Å². The molecule has 1 aliphatic heterocycles. The van der Waals surface area contributed by atoms with Crippen molar-refractivity contribution in [3.05, 3.63) is 82.5 Å². The summed E-state index contributed by atoms with van der Waals surface area (Å²) in [5, 5.41) is 7.43. The van der Waals surface area contributed by atoms with Crippen LogP contribution in [0.1, 0.15) is 29.9 Å². The molecule has 174 valence electrons. The molecule has 1 aliphatic rings. The maximum atomic E-state index is 13.2.